The molecule has 0 aromatic heterocycles. The van der Waals surface area contributed by atoms with E-state index in [0.717, 1.165) is 21.9 Å². The predicted molar refractivity (Wildman–Crippen MR) is 94.7 cm³/mol. The van der Waals surface area contributed by atoms with Crippen LogP contribution in [-0.2, 0) is 0 Å². The minimum Gasteiger partial charge on any atom is -0.495 e. The average Bonchev–Trinajstić information content (AvgIpc) is 2.75. The Morgan fingerprint density at radius 1 is 1.10 bits per heavy atom. The number of ether oxygens (including phenoxy) is 2. The maximum Gasteiger partial charge on any atom is 0.141 e. The Bertz CT molecular complexity index is 454. The van der Waals surface area contributed by atoms with E-state index in [-0.39, 0.29) is 0 Å². The van der Waals surface area contributed by atoms with Crippen LogP contribution in [0.5, 0.6) is 11.5 Å². The monoisotopic (exact) mass is 418 g/mol. The van der Waals surface area contributed by atoms with E-state index in [4.69, 9.17) is 9.47 Å². The summed E-state index contributed by atoms with van der Waals surface area (Å²) >= 11 is 7.47. The van der Waals surface area contributed by atoms with E-state index in [2.05, 4.69) is 37.9 Å². The van der Waals surface area contributed by atoms with Crippen molar-refractivity contribution in [1.29, 1.82) is 0 Å². The van der Waals surface area contributed by atoms with Gasteiger partial charge in [-0.2, -0.15) is 0 Å². The lowest BCUT2D eigenvalue weighted by Gasteiger charge is -2.21. The molecule has 0 saturated heterocycles. The van der Waals surface area contributed by atoms with Crippen LogP contribution in [0.1, 0.15) is 55.3 Å². The van der Waals surface area contributed by atoms with Gasteiger partial charge in [-0.3, -0.25) is 0 Å². The fourth-order valence-electron chi connectivity index (χ4n) is 3.18. The van der Waals surface area contributed by atoms with Gasteiger partial charge in [-0.15, -0.1) is 0 Å². The maximum atomic E-state index is 5.60. The first kappa shape index (κ1) is 17.1. The number of methoxy groups -OCH3 is 2. The molecule has 0 spiro atoms. The quantitative estimate of drug-likeness (QED) is 0.414. The predicted octanol–water partition coefficient (Wildman–Crippen LogP) is 6.26. The van der Waals surface area contributed by atoms with Gasteiger partial charge in [-0.05, 0) is 34.3 Å². The zero-order valence-corrected chi connectivity index (χ0v) is 16.0. The second kappa shape index (κ2) is 8.42. The number of benzene rings is 1. The molecule has 0 amide bonds. The molecule has 2 rings (SSSR count). The van der Waals surface area contributed by atoms with Crippen molar-refractivity contribution in [2.75, 3.05) is 14.2 Å². The number of rotatable bonds is 5. The lowest BCUT2D eigenvalue weighted by Crippen LogP contribution is -2.05. The Morgan fingerprint density at radius 3 is 2.33 bits per heavy atom. The summed E-state index contributed by atoms with van der Waals surface area (Å²) in [5.74, 6) is 2.51. The van der Waals surface area contributed by atoms with E-state index in [1.54, 1.807) is 14.2 Å². The molecular weight excluding hydrogens is 396 g/mol. The van der Waals surface area contributed by atoms with E-state index >= 15 is 0 Å². The molecular formula is C17H24Br2O2. The van der Waals surface area contributed by atoms with Crippen LogP contribution >= 0.6 is 31.9 Å². The molecule has 1 unspecified atom stereocenters. The first-order valence-electron chi connectivity index (χ1n) is 7.71. The van der Waals surface area contributed by atoms with Gasteiger partial charge in [0.1, 0.15) is 16.0 Å². The standard InChI is InChI=1S/C17H24Br2O2/c1-20-15-10-9-13(17(21-2)16(15)19)14(18)11-12-7-5-3-4-6-8-12/h9-10,12,14H,3-8,11H2,1-2H3. The van der Waals surface area contributed by atoms with Crippen LogP contribution in [0.2, 0.25) is 0 Å². The van der Waals surface area contributed by atoms with Gasteiger partial charge in [-0.25, -0.2) is 0 Å². The van der Waals surface area contributed by atoms with Gasteiger partial charge in [-0.1, -0.05) is 60.5 Å². The fourth-order valence-corrected chi connectivity index (χ4v) is 4.76. The zero-order chi connectivity index (χ0) is 15.2. The van der Waals surface area contributed by atoms with Crippen molar-refractivity contribution in [3.63, 3.8) is 0 Å². The molecule has 4 heteroatoms. The Morgan fingerprint density at radius 2 is 1.76 bits per heavy atom. The molecule has 1 aliphatic rings. The summed E-state index contributed by atoms with van der Waals surface area (Å²) in [6.45, 7) is 0. The number of halogens is 2. The highest BCUT2D eigenvalue weighted by Gasteiger charge is 2.22. The molecule has 118 valence electrons. The summed E-state index contributed by atoms with van der Waals surface area (Å²) in [6.07, 6.45) is 9.47. The van der Waals surface area contributed by atoms with Crippen molar-refractivity contribution >= 4 is 31.9 Å². The molecule has 1 fully saturated rings. The number of alkyl halides is 1. The lowest BCUT2D eigenvalue weighted by atomic mass is 9.92. The van der Waals surface area contributed by atoms with Crippen molar-refractivity contribution in [2.24, 2.45) is 5.92 Å². The van der Waals surface area contributed by atoms with Gasteiger partial charge in [0.05, 0.1) is 14.2 Å². The minimum absolute atomic E-state index is 0.331. The number of hydrogen-bond donors (Lipinski definition) is 0. The molecule has 1 aromatic rings. The maximum absolute atomic E-state index is 5.60. The minimum atomic E-state index is 0.331. The highest BCUT2D eigenvalue weighted by molar-refractivity contribution is 9.10. The normalized spacial score (nSPS) is 18.1. The smallest absolute Gasteiger partial charge is 0.141 e. The van der Waals surface area contributed by atoms with Gasteiger partial charge in [0.25, 0.3) is 0 Å². The second-order valence-corrected chi connectivity index (χ2v) is 7.66. The molecule has 1 atom stereocenters. The second-order valence-electron chi connectivity index (χ2n) is 5.77. The molecule has 1 aromatic carbocycles. The molecule has 21 heavy (non-hydrogen) atoms. The first-order valence-corrected chi connectivity index (χ1v) is 9.42. The molecule has 0 N–H and O–H groups in total. The van der Waals surface area contributed by atoms with Crippen molar-refractivity contribution in [3.05, 3.63) is 22.2 Å². The SMILES string of the molecule is COc1ccc(C(Br)CC2CCCCCC2)c(OC)c1Br. The van der Waals surface area contributed by atoms with Crippen LogP contribution in [-0.4, -0.2) is 14.2 Å². The first-order chi connectivity index (χ1) is 10.2. The van der Waals surface area contributed by atoms with E-state index in [1.807, 2.05) is 6.07 Å². The molecule has 2 nitrogen and oxygen atoms in total. The third kappa shape index (κ3) is 4.38. The lowest BCUT2D eigenvalue weighted by molar-refractivity contribution is 0.381. The van der Waals surface area contributed by atoms with Crippen LogP contribution in [0.25, 0.3) is 0 Å². The van der Waals surface area contributed by atoms with Crippen molar-refractivity contribution in [3.8, 4) is 11.5 Å². The highest BCUT2D eigenvalue weighted by atomic mass is 79.9. The summed E-state index contributed by atoms with van der Waals surface area (Å²) < 4.78 is 11.8. The Hall–Kier alpha value is -0.220. The fraction of sp³-hybridized carbons (Fsp3) is 0.647. The topological polar surface area (TPSA) is 18.5 Å². The molecule has 1 saturated carbocycles. The van der Waals surface area contributed by atoms with Crippen LogP contribution in [0.15, 0.2) is 16.6 Å². The van der Waals surface area contributed by atoms with Crippen molar-refractivity contribution in [1.82, 2.24) is 0 Å². The van der Waals surface area contributed by atoms with Crippen LogP contribution in [0.4, 0.5) is 0 Å². The Balaban J connectivity index is 2.14. The summed E-state index contributed by atoms with van der Waals surface area (Å²) in [5.41, 5.74) is 1.20. The van der Waals surface area contributed by atoms with Gasteiger partial charge in [0.2, 0.25) is 0 Å². The van der Waals surface area contributed by atoms with Gasteiger partial charge >= 0.3 is 0 Å². The van der Waals surface area contributed by atoms with E-state index in [9.17, 15) is 0 Å². The zero-order valence-electron chi connectivity index (χ0n) is 12.8. The van der Waals surface area contributed by atoms with E-state index in [0.29, 0.717) is 4.83 Å². The van der Waals surface area contributed by atoms with Crippen molar-refractivity contribution < 1.29 is 9.47 Å². The van der Waals surface area contributed by atoms with Gasteiger partial charge < -0.3 is 9.47 Å². The average molecular weight is 420 g/mol. The summed E-state index contributed by atoms with van der Waals surface area (Å²) in [5, 5.41) is 0. The van der Waals surface area contributed by atoms with Crippen LogP contribution < -0.4 is 9.47 Å². The van der Waals surface area contributed by atoms with E-state index in [1.165, 1.54) is 50.5 Å². The largest absolute Gasteiger partial charge is 0.495 e. The third-order valence-corrected chi connectivity index (χ3v) is 5.99. The van der Waals surface area contributed by atoms with Gasteiger partial charge in [0, 0.05) is 10.4 Å². The van der Waals surface area contributed by atoms with Crippen LogP contribution in [0, 0.1) is 5.92 Å². The Kier molecular flexibility index (Phi) is 6.87. The summed E-state index contributed by atoms with van der Waals surface area (Å²) in [7, 11) is 3.39. The van der Waals surface area contributed by atoms with Gasteiger partial charge in [0.15, 0.2) is 0 Å². The Labute approximate surface area is 144 Å². The number of hydrogen-bond acceptors (Lipinski definition) is 2. The highest BCUT2D eigenvalue weighted by Crippen LogP contribution is 2.45. The van der Waals surface area contributed by atoms with Crippen LogP contribution in [0.3, 0.4) is 0 Å². The molecule has 0 bridgehead atoms. The molecule has 0 radical (unpaired) electrons. The molecule has 0 aliphatic heterocycles. The molecule has 0 heterocycles. The summed E-state index contributed by atoms with van der Waals surface area (Å²) in [6, 6.07) is 4.11. The summed E-state index contributed by atoms with van der Waals surface area (Å²) in [4.78, 5) is 0.331. The molecule has 1 aliphatic carbocycles. The van der Waals surface area contributed by atoms with Crippen molar-refractivity contribution in [2.45, 2.75) is 49.8 Å². The van der Waals surface area contributed by atoms with E-state index < -0.39 is 0 Å². The third-order valence-electron chi connectivity index (χ3n) is 4.37.